The van der Waals surface area contributed by atoms with Crippen molar-refractivity contribution in [1.29, 1.82) is 0 Å². The highest BCUT2D eigenvalue weighted by Gasteiger charge is 2.21. The monoisotopic (exact) mass is 413 g/mol. The summed E-state index contributed by atoms with van der Waals surface area (Å²) in [5.74, 6) is 0. The average Bonchev–Trinajstić information content (AvgIpc) is 3.34. The van der Waals surface area contributed by atoms with Crippen LogP contribution in [0.2, 0.25) is 0 Å². The number of amides is 4. The van der Waals surface area contributed by atoms with Gasteiger partial charge in [0, 0.05) is 58.5 Å². The van der Waals surface area contributed by atoms with E-state index in [0.29, 0.717) is 18.8 Å². The van der Waals surface area contributed by atoms with Crippen molar-refractivity contribution in [3.8, 4) is 0 Å². The van der Waals surface area contributed by atoms with Gasteiger partial charge in [-0.05, 0) is 49.4 Å². The molecule has 7 heteroatoms. The molecule has 0 bridgehead atoms. The average molecular weight is 413 g/mol. The number of hydrogen-bond donors (Lipinski definition) is 3. The van der Waals surface area contributed by atoms with E-state index in [0.717, 1.165) is 28.8 Å². The van der Waals surface area contributed by atoms with Gasteiger partial charge in [0.25, 0.3) is 0 Å². The lowest BCUT2D eigenvalue weighted by Crippen LogP contribution is -2.27. The van der Waals surface area contributed by atoms with Gasteiger partial charge in [0.15, 0.2) is 0 Å². The minimum Gasteiger partial charge on any atom is -0.341 e. The number of rotatable bonds is 4. The lowest BCUT2D eigenvalue weighted by atomic mass is 10.1. The van der Waals surface area contributed by atoms with Crippen LogP contribution in [-0.4, -0.2) is 29.7 Å². The molecular weight excluding hydrogens is 390 g/mol. The van der Waals surface area contributed by atoms with E-state index in [4.69, 9.17) is 0 Å². The van der Waals surface area contributed by atoms with Crippen molar-refractivity contribution in [2.24, 2.45) is 0 Å². The second-order valence-corrected chi connectivity index (χ2v) is 7.51. The number of aryl methyl sites for hydroxylation is 1. The number of benzene rings is 3. The number of nitrogens with one attached hydrogen (secondary N) is 3. The van der Waals surface area contributed by atoms with Gasteiger partial charge in [0.1, 0.15) is 0 Å². The number of anilines is 3. The first-order valence-corrected chi connectivity index (χ1v) is 10.4. The van der Waals surface area contributed by atoms with Crippen LogP contribution in [0.3, 0.4) is 0 Å². The fraction of sp³-hybridized carbons (Fsp3) is 0.167. The standard InChI is InChI=1S/C24H23N5O2/c1-2-28-21-9-4-3-8-19(21)20-15-17(10-11-22(20)28)27-23(30)26-16-6-5-7-18(14-16)29-13-12-25-24(29)31/h3-11,14-15H,2,12-13H2,1H3,(H,25,31)(H2,26,27,30). The van der Waals surface area contributed by atoms with E-state index in [2.05, 4.69) is 39.6 Å². The van der Waals surface area contributed by atoms with Gasteiger partial charge in [-0.15, -0.1) is 0 Å². The maximum Gasteiger partial charge on any atom is 0.323 e. The Labute approximate surface area is 179 Å². The van der Waals surface area contributed by atoms with Crippen LogP contribution in [0.4, 0.5) is 26.7 Å². The number of hydrogen-bond acceptors (Lipinski definition) is 2. The lowest BCUT2D eigenvalue weighted by Gasteiger charge is -2.15. The number of para-hydroxylation sites is 1. The van der Waals surface area contributed by atoms with Crippen molar-refractivity contribution in [3.05, 3.63) is 66.7 Å². The summed E-state index contributed by atoms with van der Waals surface area (Å²) in [4.78, 5) is 26.2. The van der Waals surface area contributed by atoms with Crippen LogP contribution >= 0.6 is 0 Å². The second kappa shape index (κ2) is 7.68. The summed E-state index contributed by atoms with van der Waals surface area (Å²) >= 11 is 0. The van der Waals surface area contributed by atoms with Crippen molar-refractivity contribution < 1.29 is 9.59 Å². The van der Waals surface area contributed by atoms with Crippen LogP contribution in [0.1, 0.15) is 6.92 Å². The van der Waals surface area contributed by atoms with Crippen molar-refractivity contribution in [1.82, 2.24) is 9.88 Å². The van der Waals surface area contributed by atoms with Gasteiger partial charge in [0.05, 0.1) is 0 Å². The third kappa shape index (κ3) is 3.44. The summed E-state index contributed by atoms with van der Waals surface area (Å²) in [6, 6.07) is 21.1. The van der Waals surface area contributed by atoms with E-state index in [1.54, 1.807) is 17.0 Å². The van der Waals surface area contributed by atoms with Gasteiger partial charge in [-0.2, -0.15) is 0 Å². The Morgan fingerprint density at radius 3 is 2.48 bits per heavy atom. The maximum absolute atomic E-state index is 12.6. The molecule has 0 saturated carbocycles. The Balaban J connectivity index is 1.37. The molecule has 3 aromatic carbocycles. The van der Waals surface area contributed by atoms with E-state index in [1.807, 2.05) is 42.5 Å². The van der Waals surface area contributed by atoms with Gasteiger partial charge in [0.2, 0.25) is 0 Å². The Kier molecular flexibility index (Phi) is 4.71. The Hall–Kier alpha value is -4.00. The summed E-state index contributed by atoms with van der Waals surface area (Å²) in [6.07, 6.45) is 0. The third-order valence-corrected chi connectivity index (χ3v) is 5.62. The fourth-order valence-electron chi connectivity index (χ4n) is 4.24. The molecule has 1 fully saturated rings. The zero-order chi connectivity index (χ0) is 21.4. The number of carbonyl (C=O) groups is 2. The summed E-state index contributed by atoms with van der Waals surface area (Å²) in [7, 11) is 0. The minimum absolute atomic E-state index is 0.124. The molecule has 1 aromatic heterocycles. The zero-order valence-electron chi connectivity index (χ0n) is 17.2. The van der Waals surface area contributed by atoms with Crippen LogP contribution in [0, 0.1) is 0 Å². The normalized spacial score (nSPS) is 13.6. The summed E-state index contributed by atoms with van der Waals surface area (Å²) < 4.78 is 2.27. The highest BCUT2D eigenvalue weighted by Crippen LogP contribution is 2.31. The summed E-state index contributed by atoms with van der Waals surface area (Å²) in [5, 5.41) is 10.8. The number of nitrogens with zero attached hydrogens (tertiary/aromatic N) is 2. The van der Waals surface area contributed by atoms with Gasteiger partial charge in [-0.1, -0.05) is 24.3 Å². The topological polar surface area (TPSA) is 78.4 Å². The predicted molar refractivity (Wildman–Crippen MR) is 125 cm³/mol. The van der Waals surface area contributed by atoms with Crippen molar-refractivity contribution in [2.45, 2.75) is 13.5 Å². The van der Waals surface area contributed by atoms with Crippen LogP contribution < -0.4 is 20.9 Å². The molecule has 156 valence electrons. The number of urea groups is 2. The SMILES string of the molecule is CCn1c2ccccc2c2cc(NC(=O)Nc3cccc(N4CCNC4=O)c3)ccc21. The molecule has 5 rings (SSSR count). The molecule has 1 saturated heterocycles. The van der Waals surface area contributed by atoms with E-state index in [9.17, 15) is 9.59 Å². The van der Waals surface area contributed by atoms with Crippen molar-refractivity contribution >= 4 is 50.9 Å². The molecule has 0 unspecified atom stereocenters. The van der Waals surface area contributed by atoms with Gasteiger partial charge in [-0.25, -0.2) is 9.59 Å². The minimum atomic E-state index is -0.332. The van der Waals surface area contributed by atoms with Crippen LogP contribution in [-0.2, 0) is 6.54 Å². The first-order chi connectivity index (χ1) is 15.1. The number of aromatic nitrogens is 1. The van der Waals surface area contributed by atoms with E-state index < -0.39 is 0 Å². The molecule has 2 heterocycles. The molecule has 0 radical (unpaired) electrons. The van der Waals surface area contributed by atoms with Crippen LogP contribution in [0.15, 0.2) is 66.7 Å². The molecule has 3 N–H and O–H groups in total. The Morgan fingerprint density at radius 2 is 1.71 bits per heavy atom. The zero-order valence-corrected chi connectivity index (χ0v) is 17.2. The second-order valence-electron chi connectivity index (χ2n) is 7.51. The highest BCUT2D eigenvalue weighted by molar-refractivity contribution is 6.10. The lowest BCUT2D eigenvalue weighted by molar-refractivity contribution is 0.252. The summed E-state index contributed by atoms with van der Waals surface area (Å²) in [6.45, 7) is 4.24. The first-order valence-electron chi connectivity index (χ1n) is 10.4. The Bertz CT molecular complexity index is 1310. The van der Waals surface area contributed by atoms with Crippen molar-refractivity contribution in [3.63, 3.8) is 0 Å². The predicted octanol–water partition coefficient (Wildman–Crippen LogP) is 4.99. The van der Waals surface area contributed by atoms with Gasteiger partial charge < -0.3 is 20.5 Å². The Morgan fingerprint density at radius 1 is 0.935 bits per heavy atom. The highest BCUT2D eigenvalue weighted by atomic mass is 16.2. The fourth-order valence-corrected chi connectivity index (χ4v) is 4.24. The molecule has 4 amide bonds. The van der Waals surface area contributed by atoms with Crippen LogP contribution in [0.5, 0.6) is 0 Å². The smallest absolute Gasteiger partial charge is 0.323 e. The van der Waals surface area contributed by atoms with Gasteiger partial charge in [-0.3, -0.25) is 4.90 Å². The molecule has 1 aliphatic heterocycles. The van der Waals surface area contributed by atoms with E-state index in [1.165, 1.54) is 10.9 Å². The summed E-state index contributed by atoms with van der Waals surface area (Å²) in [5.41, 5.74) is 4.43. The van der Waals surface area contributed by atoms with Crippen molar-refractivity contribution in [2.75, 3.05) is 28.6 Å². The molecule has 0 aliphatic carbocycles. The third-order valence-electron chi connectivity index (χ3n) is 5.62. The molecule has 0 atom stereocenters. The van der Waals surface area contributed by atoms with E-state index in [-0.39, 0.29) is 12.1 Å². The number of fused-ring (bicyclic) bond motifs is 3. The van der Waals surface area contributed by atoms with Gasteiger partial charge >= 0.3 is 12.1 Å². The molecule has 0 spiro atoms. The quantitative estimate of drug-likeness (QED) is 0.441. The van der Waals surface area contributed by atoms with E-state index >= 15 is 0 Å². The molecule has 31 heavy (non-hydrogen) atoms. The largest absolute Gasteiger partial charge is 0.341 e. The van der Waals surface area contributed by atoms with Crippen LogP contribution in [0.25, 0.3) is 21.8 Å². The molecule has 1 aliphatic rings. The molecule has 7 nitrogen and oxygen atoms in total. The molecule has 4 aromatic rings. The first kappa shape index (κ1) is 19.0. The molecular formula is C24H23N5O2. The maximum atomic E-state index is 12.6. The number of carbonyl (C=O) groups excluding carboxylic acids is 2.